The fourth-order valence-electron chi connectivity index (χ4n) is 5.56. The quantitative estimate of drug-likeness (QED) is 0.596. The Balaban J connectivity index is 1.18. The van der Waals surface area contributed by atoms with Crippen molar-refractivity contribution in [2.24, 2.45) is 5.92 Å². The normalized spacial score (nSPS) is 21.7. The Hall–Kier alpha value is -1.81. The summed E-state index contributed by atoms with van der Waals surface area (Å²) in [6.45, 7) is 6.42. The van der Waals surface area contributed by atoms with E-state index < -0.39 is 0 Å². The zero-order chi connectivity index (χ0) is 20.2. The van der Waals surface area contributed by atoms with Gasteiger partial charge in [0.2, 0.25) is 0 Å². The first-order valence-corrected chi connectivity index (χ1v) is 12.5. The fraction of sp³-hybridized carbons (Fsp3) is 0.654. The van der Waals surface area contributed by atoms with Crippen molar-refractivity contribution >= 4 is 5.69 Å². The highest BCUT2D eigenvalue weighted by atomic mass is 15.3. The van der Waals surface area contributed by atoms with Crippen LogP contribution in [-0.2, 0) is 0 Å². The molecule has 3 aliphatic rings. The number of nitrogens with zero attached hydrogens (tertiary/aromatic N) is 4. The van der Waals surface area contributed by atoms with Crippen molar-refractivity contribution in [3.63, 3.8) is 0 Å². The number of likely N-dealkylation sites (tertiary alicyclic amines) is 1. The third-order valence-electron chi connectivity index (χ3n) is 7.73. The highest BCUT2D eigenvalue weighted by Crippen LogP contribution is 2.41. The molecular weight excluding hydrogens is 368 g/mol. The van der Waals surface area contributed by atoms with Gasteiger partial charge in [-0.25, -0.2) is 4.68 Å². The van der Waals surface area contributed by atoms with Crippen molar-refractivity contribution in [2.75, 3.05) is 37.6 Å². The number of piperidine rings is 2. The van der Waals surface area contributed by atoms with Crippen LogP contribution in [0.25, 0.3) is 5.69 Å². The van der Waals surface area contributed by atoms with E-state index in [0.29, 0.717) is 5.92 Å². The van der Waals surface area contributed by atoms with Crippen LogP contribution in [0.3, 0.4) is 0 Å². The largest absolute Gasteiger partial charge is 0.369 e. The van der Waals surface area contributed by atoms with Crippen molar-refractivity contribution in [1.82, 2.24) is 14.7 Å². The summed E-state index contributed by atoms with van der Waals surface area (Å²) >= 11 is 0. The van der Waals surface area contributed by atoms with Gasteiger partial charge in [0.25, 0.3) is 0 Å². The topological polar surface area (TPSA) is 24.3 Å². The molecule has 3 heterocycles. The number of aromatic nitrogens is 2. The van der Waals surface area contributed by atoms with Crippen LogP contribution in [-0.4, -0.2) is 47.4 Å². The number of para-hydroxylation sites is 1. The van der Waals surface area contributed by atoms with E-state index in [9.17, 15) is 0 Å². The minimum absolute atomic E-state index is 0.673. The molecule has 2 aromatic rings. The summed E-state index contributed by atoms with van der Waals surface area (Å²) in [5.74, 6) is 1.59. The summed E-state index contributed by atoms with van der Waals surface area (Å²) in [6.07, 6.45) is 16.1. The lowest BCUT2D eigenvalue weighted by Crippen LogP contribution is -2.35. The number of rotatable bonds is 7. The van der Waals surface area contributed by atoms with Crippen LogP contribution < -0.4 is 4.90 Å². The van der Waals surface area contributed by atoms with Crippen molar-refractivity contribution < 1.29 is 0 Å². The van der Waals surface area contributed by atoms with E-state index in [1.54, 1.807) is 0 Å². The summed E-state index contributed by atoms with van der Waals surface area (Å²) in [4.78, 5) is 5.34. The van der Waals surface area contributed by atoms with Gasteiger partial charge in [-0.3, -0.25) is 0 Å². The first kappa shape index (κ1) is 20.1. The number of benzene rings is 1. The Kier molecular flexibility index (Phi) is 6.40. The van der Waals surface area contributed by atoms with Gasteiger partial charge in [-0.05, 0) is 89.1 Å². The molecule has 3 fully saturated rings. The van der Waals surface area contributed by atoms with Crippen LogP contribution in [0, 0.1) is 5.92 Å². The van der Waals surface area contributed by atoms with E-state index in [-0.39, 0.29) is 0 Å². The summed E-state index contributed by atoms with van der Waals surface area (Å²) in [7, 11) is 0. The third-order valence-corrected chi connectivity index (χ3v) is 7.73. The maximum absolute atomic E-state index is 5.07. The molecule has 5 rings (SSSR count). The molecule has 0 atom stereocenters. The van der Waals surface area contributed by atoms with Gasteiger partial charge < -0.3 is 9.80 Å². The summed E-state index contributed by atoms with van der Waals surface area (Å²) in [6, 6.07) is 10.6. The standard InChI is InChI=1S/C26H38N4/c1-3-12-24(13-4-1)30-21-25(26(27-30)23-10-7-11-23)29-19-14-22(15-20-29)9-8-18-28-16-5-2-6-17-28/h1,3-4,12-13,21-23H,2,5-11,14-20H2. The van der Waals surface area contributed by atoms with Gasteiger partial charge in [-0.2, -0.15) is 5.10 Å². The number of hydrogen-bond donors (Lipinski definition) is 0. The SMILES string of the molecule is c1ccc(-n2cc(N3CCC(CCCN4CCCCC4)CC3)c(C3CCC3)n2)cc1. The molecule has 1 aromatic carbocycles. The van der Waals surface area contributed by atoms with E-state index >= 15 is 0 Å². The Morgan fingerprint density at radius 2 is 1.60 bits per heavy atom. The van der Waals surface area contributed by atoms with E-state index in [4.69, 9.17) is 5.10 Å². The van der Waals surface area contributed by atoms with E-state index in [1.165, 1.54) is 114 Å². The maximum atomic E-state index is 5.07. The minimum Gasteiger partial charge on any atom is -0.369 e. The summed E-state index contributed by atoms with van der Waals surface area (Å²) in [5, 5.41) is 5.07. The average molecular weight is 407 g/mol. The molecule has 0 radical (unpaired) electrons. The lowest BCUT2D eigenvalue weighted by atomic mass is 9.82. The molecule has 0 spiro atoms. The Morgan fingerprint density at radius 1 is 0.833 bits per heavy atom. The molecule has 0 amide bonds. The van der Waals surface area contributed by atoms with Crippen LogP contribution >= 0.6 is 0 Å². The van der Waals surface area contributed by atoms with Gasteiger partial charge in [0.05, 0.1) is 23.3 Å². The molecule has 4 heteroatoms. The predicted octanol–water partition coefficient (Wildman–Crippen LogP) is 5.62. The van der Waals surface area contributed by atoms with E-state index in [1.807, 2.05) is 0 Å². The van der Waals surface area contributed by atoms with Crippen molar-refractivity contribution in [2.45, 2.75) is 70.1 Å². The highest BCUT2D eigenvalue weighted by molar-refractivity contribution is 5.53. The molecular formula is C26H38N4. The smallest absolute Gasteiger partial charge is 0.0893 e. The van der Waals surface area contributed by atoms with E-state index in [0.717, 1.165) is 5.92 Å². The van der Waals surface area contributed by atoms with Crippen LogP contribution in [0.15, 0.2) is 36.5 Å². The Bertz CT molecular complexity index is 781. The average Bonchev–Trinajstić information content (AvgIpc) is 3.19. The van der Waals surface area contributed by atoms with Crippen molar-refractivity contribution in [3.8, 4) is 5.69 Å². The van der Waals surface area contributed by atoms with Gasteiger partial charge in [-0.1, -0.05) is 31.0 Å². The molecule has 162 valence electrons. The Morgan fingerprint density at radius 3 is 2.30 bits per heavy atom. The molecule has 1 aliphatic carbocycles. The van der Waals surface area contributed by atoms with Crippen LogP contribution in [0.5, 0.6) is 0 Å². The van der Waals surface area contributed by atoms with Gasteiger partial charge >= 0.3 is 0 Å². The third kappa shape index (κ3) is 4.59. The molecule has 1 aromatic heterocycles. The minimum atomic E-state index is 0.673. The molecule has 2 aliphatic heterocycles. The summed E-state index contributed by atoms with van der Waals surface area (Å²) in [5.41, 5.74) is 3.95. The lowest BCUT2D eigenvalue weighted by molar-refractivity contribution is 0.216. The van der Waals surface area contributed by atoms with E-state index in [2.05, 4.69) is 51.0 Å². The number of anilines is 1. The van der Waals surface area contributed by atoms with Gasteiger partial charge in [-0.15, -0.1) is 0 Å². The predicted molar refractivity (Wildman–Crippen MR) is 125 cm³/mol. The number of hydrogen-bond acceptors (Lipinski definition) is 3. The molecule has 4 nitrogen and oxygen atoms in total. The highest BCUT2D eigenvalue weighted by Gasteiger charge is 2.29. The van der Waals surface area contributed by atoms with Crippen molar-refractivity contribution in [1.29, 1.82) is 0 Å². The molecule has 2 saturated heterocycles. The molecule has 30 heavy (non-hydrogen) atoms. The zero-order valence-electron chi connectivity index (χ0n) is 18.5. The Labute approximate surface area is 182 Å². The van der Waals surface area contributed by atoms with Gasteiger partial charge in [0, 0.05) is 19.0 Å². The maximum Gasteiger partial charge on any atom is 0.0893 e. The molecule has 0 N–H and O–H groups in total. The second-order valence-corrected chi connectivity index (χ2v) is 9.78. The van der Waals surface area contributed by atoms with Crippen molar-refractivity contribution in [3.05, 3.63) is 42.2 Å². The second kappa shape index (κ2) is 9.55. The lowest BCUT2D eigenvalue weighted by Gasteiger charge is -2.35. The first-order valence-electron chi connectivity index (χ1n) is 12.5. The van der Waals surface area contributed by atoms with Crippen LogP contribution in [0.1, 0.15) is 75.8 Å². The van der Waals surface area contributed by atoms with Crippen LogP contribution in [0.4, 0.5) is 5.69 Å². The zero-order valence-corrected chi connectivity index (χ0v) is 18.5. The fourth-order valence-corrected chi connectivity index (χ4v) is 5.56. The molecule has 1 saturated carbocycles. The first-order chi connectivity index (χ1) is 14.9. The van der Waals surface area contributed by atoms with Gasteiger partial charge in [0.15, 0.2) is 0 Å². The monoisotopic (exact) mass is 406 g/mol. The van der Waals surface area contributed by atoms with Crippen LogP contribution in [0.2, 0.25) is 0 Å². The summed E-state index contributed by atoms with van der Waals surface area (Å²) < 4.78 is 2.12. The molecule has 0 unspecified atom stereocenters. The van der Waals surface area contributed by atoms with Gasteiger partial charge in [0.1, 0.15) is 0 Å². The molecule has 0 bridgehead atoms. The second-order valence-electron chi connectivity index (χ2n) is 9.78.